The molecule has 0 heterocycles. The lowest BCUT2D eigenvalue weighted by Crippen LogP contribution is -2.14. The molecule has 66 valence electrons. The molecular formula is C11H22. The third-order valence-electron chi connectivity index (χ3n) is 2.66. The van der Waals surface area contributed by atoms with E-state index < -0.39 is 0 Å². The van der Waals surface area contributed by atoms with Gasteiger partial charge in [-0.15, -0.1) is 6.58 Å². The summed E-state index contributed by atoms with van der Waals surface area (Å²) in [6.45, 7) is 10.7. The molecular weight excluding hydrogens is 132 g/mol. The van der Waals surface area contributed by atoms with Gasteiger partial charge in [0.25, 0.3) is 0 Å². The molecule has 0 aromatic rings. The summed E-state index contributed by atoms with van der Waals surface area (Å²) in [4.78, 5) is 0. The number of hydrogen-bond donors (Lipinski definition) is 0. The quantitative estimate of drug-likeness (QED) is 0.504. The van der Waals surface area contributed by atoms with E-state index in [0.29, 0.717) is 5.41 Å². The summed E-state index contributed by atoms with van der Waals surface area (Å²) in [5.41, 5.74) is 0.572. The normalized spacial score (nSPS) is 15.9. The molecule has 0 aliphatic heterocycles. The van der Waals surface area contributed by atoms with Crippen LogP contribution in [-0.4, -0.2) is 0 Å². The highest BCUT2D eigenvalue weighted by Gasteiger charge is 2.18. The van der Waals surface area contributed by atoms with Crippen molar-refractivity contribution in [3.8, 4) is 0 Å². The van der Waals surface area contributed by atoms with Crippen molar-refractivity contribution < 1.29 is 0 Å². The Morgan fingerprint density at radius 3 is 2.27 bits per heavy atom. The molecule has 0 aromatic heterocycles. The van der Waals surface area contributed by atoms with Crippen LogP contribution < -0.4 is 0 Å². The largest absolute Gasteiger partial charge is 0.103 e. The van der Waals surface area contributed by atoms with Crippen molar-refractivity contribution in [2.45, 2.75) is 52.9 Å². The van der Waals surface area contributed by atoms with Crippen LogP contribution >= 0.6 is 0 Å². The Labute approximate surface area is 71.7 Å². The molecule has 0 amide bonds. The van der Waals surface area contributed by atoms with Gasteiger partial charge in [-0.1, -0.05) is 39.7 Å². The van der Waals surface area contributed by atoms with Crippen molar-refractivity contribution in [2.75, 3.05) is 0 Å². The van der Waals surface area contributed by atoms with Gasteiger partial charge in [-0.25, -0.2) is 0 Å². The van der Waals surface area contributed by atoms with Gasteiger partial charge in [-0.05, 0) is 24.7 Å². The monoisotopic (exact) mass is 154 g/mol. The fourth-order valence-electron chi connectivity index (χ4n) is 1.53. The highest BCUT2D eigenvalue weighted by atomic mass is 14.2. The van der Waals surface area contributed by atoms with Gasteiger partial charge in [0.05, 0.1) is 0 Å². The Morgan fingerprint density at radius 2 is 1.91 bits per heavy atom. The van der Waals surface area contributed by atoms with Crippen LogP contribution in [0.15, 0.2) is 12.7 Å². The minimum Gasteiger partial charge on any atom is -0.103 e. The zero-order chi connectivity index (χ0) is 8.74. The molecule has 0 aliphatic carbocycles. The Hall–Kier alpha value is -0.260. The van der Waals surface area contributed by atoms with E-state index in [-0.39, 0.29) is 0 Å². The standard InChI is InChI=1S/C11H22/c1-5-8-10-11(4,7-3)9-6-2/h5H,1,6-10H2,2-4H3. The maximum absolute atomic E-state index is 3.76. The van der Waals surface area contributed by atoms with Crippen molar-refractivity contribution in [3.63, 3.8) is 0 Å². The third kappa shape index (κ3) is 4.23. The predicted octanol–water partition coefficient (Wildman–Crippen LogP) is 4.17. The van der Waals surface area contributed by atoms with E-state index in [1.807, 2.05) is 6.08 Å². The van der Waals surface area contributed by atoms with Crippen LogP contribution in [-0.2, 0) is 0 Å². The lowest BCUT2D eigenvalue weighted by Gasteiger charge is -2.27. The first-order valence-electron chi connectivity index (χ1n) is 4.79. The zero-order valence-electron chi connectivity index (χ0n) is 8.32. The van der Waals surface area contributed by atoms with Crippen molar-refractivity contribution in [1.82, 2.24) is 0 Å². The molecule has 0 N–H and O–H groups in total. The van der Waals surface area contributed by atoms with Gasteiger partial charge < -0.3 is 0 Å². The summed E-state index contributed by atoms with van der Waals surface area (Å²) >= 11 is 0. The Balaban J connectivity index is 3.76. The van der Waals surface area contributed by atoms with Gasteiger partial charge in [-0.3, -0.25) is 0 Å². The summed E-state index contributed by atoms with van der Waals surface area (Å²) in [5.74, 6) is 0. The zero-order valence-corrected chi connectivity index (χ0v) is 8.32. The Kier molecular flexibility index (Phi) is 5.27. The maximum atomic E-state index is 3.76. The van der Waals surface area contributed by atoms with Crippen LogP contribution in [0.3, 0.4) is 0 Å². The van der Waals surface area contributed by atoms with Gasteiger partial charge in [0.2, 0.25) is 0 Å². The number of allylic oxidation sites excluding steroid dienone is 1. The van der Waals surface area contributed by atoms with Crippen LogP contribution in [0.4, 0.5) is 0 Å². The molecule has 1 atom stereocenters. The highest BCUT2D eigenvalue weighted by Crippen LogP contribution is 2.32. The van der Waals surface area contributed by atoms with Gasteiger partial charge in [0.15, 0.2) is 0 Å². The molecule has 0 bridgehead atoms. The van der Waals surface area contributed by atoms with E-state index in [0.717, 1.165) is 0 Å². The fourth-order valence-corrected chi connectivity index (χ4v) is 1.53. The number of hydrogen-bond acceptors (Lipinski definition) is 0. The molecule has 0 saturated carbocycles. The van der Waals surface area contributed by atoms with E-state index in [4.69, 9.17) is 0 Å². The molecule has 0 heteroatoms. The lowest BCUT2D eigenvalue weighted by molar-refractivity contribution is 0.260. The first-order chi connectivity index (χ1) is 5.18. The van der Waals surface area contributed by atoms with Crippen molar-refractivity contribution >= 4 is 0 Å². The topological polar surface area (TPSA) is 0 Å². The molecule has 0 nitrogen and oxygen atoms in total. The molecule has 0 aromatic carbocycles. The van der Waals surface area contributed by atoms with Crippen LogP contribution in [0.1, 0.15) is 52.9 Å². The summed E-state index contributed by atoms with van der Waals surface area (Å²) in [7, 11) is 0. The van der Waals surface area contributed by atoms with Crippen LogP contribution in [0.2, 0.25) is 0 Å². The third-order valence-corrected chi connectivity index (χ3v) is 2.66. The average molecular weight is 154 g/mol. The first kappa shape index (κ1) is 10.7. The molecule has 0 spiro atoms. The van der Waals surface area contributed by atoms with E-state index in [1.165, 1.54) is 32.1 Å². The molecule has 0 aliphatic rings. The highest BCUT2D eigenvalue weighted by molar-refractivity contribution is 4.77. The van der Waals surface area contributed by atoms with Crippen LogP contribution in [0, 0.1) is 5.41 Å². The van der Waals surface area contributed by atoms with E-state index in [9.17, 15) is 0 Å². The molecule has 0 radical (unpaired) electrons. The van der Waals surface area contributed by atoms with Crippen molar-refractivity contribution in [1.29, 1.82) is 0 Å². The SMILES string of the molecule is C=CCCC(C)(CC)CCC. The molecule has 1 unspecified atom stereocenters. The van der Waals surface area contributed by atoms with Crippen LogP contribution in [0.5, 0.6) is 0 Å². The maximum Gasteiger partial charge on any atom is -0.0326 e. The van der Waals surface area contributed by atoms with Gasteiger partial charge >= 0.3 is 0 Å². The molecule has 0 fully saturated rings. The number of rotatable bonds is 6. The second-order valence-corrected chi connectivity index (χ2v) is 3.74. The van der Waals surface area contributed by atoms with Crippen molar-refractivity contribution in [3.05, 3.63) is 12.7 Å². The minimum atomic E-state index is 0.572. The average Bonchev–Trinajstić information content (AvgIpc) is 2.02. The van der Waals surface area contributed by atoms with E-state index in [2.05, 4.69) is 27.4 Å². The first-order valence-corrected chi connectivity index (χ1v) is 4.79. The minimum absolute atomic E-state index is 0.572. The van der Waals surface area contributed by atoms with E-state index in [1.54, 1.807) is 0 Å². The molecule has 0 saturated heterocycles. The summed E-state index contributed by atoms with van der Waals surface area (Å²) in [5, 5.41) is 0. The van der Waals surface area contributed by atoms with Gasteiger partial charge in [-0.2, -0.15) is 0 Å². The molecule has 11 heavy (non-hydrogen) atoms. The lowest BCUT2D eigenvalue weighted by atomic mass is 9.79. The van der Waals surface area contributed by atoms with Crippen LogP contribution in [0.25, 0.3) is 0 Å². The second kappa shape index (κ2) is 5.40. The van der Waals surface area contributed by atoms with Crippen molar-refractivity contribution in [2.24, 2.45) is 5.41 Å². The second-order valence-electron chi connectivity index (χ2n) is 3.74. The predicted molar refractivity (Wildman–Crippen MR) is 52.7 cm³/mol. The summed E-state index contributed by atoms with van der Waals surface area (Å²) < 4.78 is 0. The molecule has 0 rings (SSSR count). The van der Waals surface area contributed by atoms with E-state index >= 15 is 0 Å². The Bertz CT molecular complexity index is 105. The Morgan fingerprint density at radius 1 is 1.27 bits per heavy atom. The van der Waals surface area contributed by atoms with Gasteiger partial charge in [0, 0.05) is 0 Å². The fraction of sp³-hybridized carbons (Fsp3) is 0.818. The van der Waals surface area contributed by atoms with Gasteiger partial charge in [0.1, 0.15) is 0 Å². The summed E-state index contributed by atoms with van der Waals surface area (Å²) in [6, 6.07) is 0. The summed E-state index contributed by atoms with van der Waals surface area (Å²) in [6.07, 6.45) is 8.47. The smallest absolute Gasteiger partial charge is 0.0326 e.